The number of para-hydroxylation sites is 1. The molecule has 5 nitrogen and oxygen atoms in total. The van der Waals surface area contributed by atoms with E-state index in [-0.39, 0.29) is 11.7 Å². The van der Waals surface area contributed by atoms with Gasteiger partial charge in [0.1, 0.15) is 6.33 Å². The molecule has 0 radical (unpaired) electrons. The number of aryl methyl sites for hydroxylation is 2. The second-order valence-corrected chi connectivity index (χ2v) is 7.14. The lowest BCUT2D eigenvalue weighted by Crippen LogP contribution is -2.16. The van der Waals surface area contributed by atoms with Crippen LogP contribution >= 0.6 is 23.4 Å². The van der Waals surface area contributed by atoms with Crippen LogP contribution in [0.15, 0.2) is 53.9 Å². The van der Waals surface area contributed by atoms with E-state index in [4.69, 9.17) is 11.6 Å². The number of aromatic nitrogens is 3. The number of benzene rings is 2. The lowest BCUT2D eigenvalue weighted by atomic mass is 10.1. The zero-order chi connectivity index (χ0) is 18.5. The summed E-state index contributed by atoms with van der Waals surface area (Å²) in [5, 5.41) is 12.4. The number of rotatable bonds is 6. The van der Waals surface area contributed by atoms with Gasteiger partial charge in [-0.05, 0) is 42.7 Å². The van der Waals surface area contributed by atoms with Gasteiger partial charge in [0.05, 0.1) is 11.4 Å². The van der Waals surface area contributed by atoms with Crippen molar-refractivity contribution in [2.75, 3.05) is 11.1 Å². The monoisotopic (exact) mass is 386 g/mol. The first-order valence-corrected chi connectivity index (χ1v) is 9.62. The molecule has 3 rings (SSSR count). The number of hydrogen-bond donors (Lipinski definition) is 1. The molecular weight excluding hydrogens is 368 g/mol. The first kappa shape index (κ1) is 18.5. The van der Waals surface area contributed by atoms with Gasteiger partial charge in [-0.1, -0.05) is 54.6 Å². The number of hydrogen-bond acceptors (Lipinski definition) is 4. The average Bonchev–Trinajstić information content (AvgIpc) is 3.10. The van der Waals surface area contributed by atoms with Crippen LogP contribution in [0.2, 0.25) is 5.02 Å². The molecule has 0 atom stereocenters. The van der Waals surface area contributed by atoms with Crippen molar-refractivity contribution in [1.82, 2.24) is 14.8 Å². The molecule has 1 N–H and O–H groups in total. The molecule has 0 bridgehead atoms. The average molecular weight is 387 g/mol. The SMILES string of the molecule is CCc1cccc(C)c1NC(=O)CSc1nncn1-c1cccc(Cl)c1. The quantitative estimate of drug-likeness (QED) is 0.632. The van der Waals surface area contributed by atoms with Gasteiger partial charge in [-0.25, -0.2) is 0 Å². The number of halogens is 1. The van der Waals surface area contributed by atoms with Crippen LogP contribution in [0, 0.1) is 6.92 Å². The summed E-state index contributed by atoms with van der Waals surface area (Å²) in [6, 6.07) is 13.5. The summed E-state index contributed by atoms with van der Waals surface area (Å²) in [5.74, 6) is 0.177. The molecule has 1 aromatic heterocycles. The highest BCUT2D eigenvalue weighted by atomic mass is 35.5. The van der Waals surface area contributed by atoms with Crippen molar-refractivity contribution >= 4 is 35.0 Å². The number of carbonyl (C=O) groups is 1. The highest BCUT2D eigenvalue weighted by Gasteiger charge is 2.12. The van der Waals surface area contributed by atoms with Gasteiger partial charge in [0.15, 0.2) is 5.16 Å². The number of nitrogens with zero attached hydrogens (tertiary/aromatic N) is 3. The smallest absolute Gasteiger partial charge is 0.234 e. The van der Waals surface area contributed by atoms with Gasteiger partial charge in [-0.15, -0.1) is 10.2 Å². The third kappa shape index (κ3) is 4.26. The molecule has 0 fully saturated rings. The van der Waals surface area contributed by atoms with Crippen molar-refractivity contribution in [3.8, 4) is 5.69 Å². The Morgan fingerprint density at radius 3 is 2.85 bits per heavy atom. The Labute approximate surface area is 161 Å². The van der Waals surface area contributed by atoms with E-state index >= 15 is 0 Å². The summed E-state index contributed by atoms with van der Waals surface area (Å²) in [6.45, 7) is 4.07. The second-order valence-electron chi connectivity index (χ2n) is 5.76. The maximum atomic E-state index is 12.4. The van der Waals surface area contributed by atoms with E-state index in [1.807, 2.05) is 54.0 Å². The summed E-state index contributed by atoms with van der Waals surface area (Å²) in [7, 11) is 0. The van der Waals surface area contributed by atoms with Crippen LogP contribution in [-0.4, -0.2) is 26.4 Å². The van der Waals surface area contributed by atoms with Crippen LogP contribution in [0.3, 0.4) is 0 Å². The Bertz CT molecular complexity index is 925. The topological polar surface area (TPSA) is 59.8 Å². The largest absolute Gasteiger partial charge is 0.325 e. The summed E-state index contributed by atoms with van der Waals surface area (Å²) >= 11 is 7.39. The van der Waals surface area contributed by atoms with E-state index in [0.29, 0.717) is 10.2 Å². The molecule has 134 valence electrons. The van der Waals surface area contributed by atoms with Crippen LogP contribution in [0.4, 0.5) is 5.69 Å². The molecule has 0 unspecified atom stereocenters. The zero-order valence-electron chi connectivity index (χ0n) is 14.6. The molecule has 0 saturated heterocycles. The summed E-state index contributed by atoms with van der Waals surface area (Å²) in [5.41, 5.74) is 3.95. The predicted octanol–water partition coefficient (Wildman–Crippen LogP) is 4.52. The maximum absolute atomic E-state index is 12.4. The maximum Gasteiger partial charge on any atom is 0.234 e. The molecule has 26 heavy (non-hydrogen) atoms. The number of anilines is 1. The Hall–Kier alpha value is -2.31. The minimum absolute atomic E-state index is 0.0698. The molecule has 1 heterocycles. The van der Waals surface area contributed by atoms with Gasteiger partial charge in [0.2, 0.25) is 5.91 Å². The molecule has 0 spiro atoms. The van der Waals surface area contributed by atoms with Crippen molar-refractivity contribution in [2.45, 2.75) is 25.4 Å². The van der Waals surface area contributed by atoms with E-state index in [9.17, 15) is 4.79 Å². The molecule has 2 aromatic carbocycles. The van der Waals surface area contributed by atoms with E-state index in [0.717, 1.165) is 28.9 Å². The Kier molecular flexibility index (Phi) is 5.96. The van der Waals surface area contributed by atoms with E-state index < -0.39 is 0 Å². The van der Waals surface area contributed by atoms with Crippen LogP contribution < -0.4 is 5.32 Å². The van der Waals surface area contributed by atoms with Crippen LogP contribution in [0.5, 0.6) is 0 Å². The molecule has 0 aliphatic rings. The highest BCUT2D eigenvalue weighted by Crippen LogP contribution is 2.24. The molecule has 1 amide bonds. The van der Waals surface area contributed by atoms with Crippen molar-refractivity contribution in [3.05, 3.63) is 64.9 Å². The molecular formula is C19H19ClN4OS. The van der Waals surface area contributed by atoms with Crippen molar-refractivity contribution in [2.24, 2.45) is 0 Å². The normalized spacial score (nSPS) is 10.7. The molecule has 0 aliphatic heterocycles. The van der Waals surface area contributed by atoms with Crippen molar-refractivity contribution < 1.29 is 4.79 Å². The number of nitrogens with one attached hydrogen (secondary N) is 1. The van der Waals surface area contributed by atoms with Gasteiger partial charge in [0.25, 0.3) is 0 Å². The highest BCUT2D eigenvalue weighted by molar-refractivity contribution is 7.99. The van der Waals surface area contributed by atoms with Gasteiger partial charge in [-0.2, -0.15) is 0 Å². The summed E-state index contributed by atoms with van der Waals surface area (Å²) in [4.78, 5) is 12.4. The number of amides is 1. The third-order valence-corrected chi connectivity index (χ3v) is 5.12. The molecule has 7 heteroatoms. The fourth-order valence-electron chi connectivity index (χ4n) is 2.63. The minimum Gasteiger partial charge on any atom is -0.325 e. The second kappa shape index (κ2) is 8.38. The first-order valence-electron chi connectivity index (χ1n) is 8.25. The Balaban J connectivity index is 1.69. The lowest BCUT2D eigenvalue weighted by molar-refractivity contribution is -0.113. The summed E-state index contributed by atoms with van der Waals surface area (Å²) < 4.78 is 1.81. The molecule has 0 saturated carbocycles. The fourth-order valence-corrected chi connectivity index (χ4v) is 3.55. The zero-order valence-corrected chi connectivity index (χ0v) is 16.1. The van der Waals surface area contributed by atoms with E-state index in [1.54, 1.807) is 6.33 Å². The van der Waals surface area contributed by atoms with Crippen molar-refractivity contribution in [1.29, 1.82) is 0 Å². The van der Waals surface area contributed by atoms with Crippen LogP contribution in [-0.2, 0) is 11.2 Å². The van der Waals surface area contributed by atoms with Gasteiger partial charge >= 0.3 is 0 Å². The summed E-state index contributed by atoms with van der Waals surface area (Å²) in [6.07, 6.45) is 2.48. The van der Waals surface area contributed by atoms with Crippen LogP contribution in [0.25, 0.3) is 5.69 Å². The Morgan fingerprint density at radius 2 is 2.08 bits per heavy atom. The third-order valence-electron chi connectivity index (χ3n) is 3.94. The molecule has 0 aliphatic carbocycles. The predicted molar refractivity (Wildman–Crippen MR) is 106 cm³/mol. The number of carbonyl (C=O) groups excluding carboxylic acids is 1. The first-order chi connectivity index (χ1) is 12.6. The standard InChI is InChI=1S/C19H19ClN4OS/c1-3-14-7-4-6-13(2)18(14)22-17(25)11-26-19-23-21-12-24(19)16-9-5-8-15(20)10-16/h4-10,12H,3,11H2,1-2H3,(H,22,25). The fraction of sp³-hybridized carbons (Fsp3) is 0.211. The van der Waals surface area contributed by atoms with E-state index in [1.165, 1.54) is 11.8 Å². The number of thioether (sulfide) groups is 1. The minimum atomic E-state index is -0.0698. The van der Waals surface area contributed by atoms with Gasteiger partial charge < -0.3 is 5.32 Å². The van der Waals surface area contributed by atoms with Crippen molar-refractivity contribution in [3.63, 3.8) is 0 Å². The van der Waals surface area contributed by atoms with Gasteiger partial charge in [-0.3, -0.25) is 9.36 Å². The Morgan fingerprint density at radius 1 is 1.27 bits per heavy atom. The van der Waals surface area contributed by atoms with Gasteiger partial charge in [0, 0.05) is 10.7 Å². The lowest BCUT2D eigenvalue weighted by Gasteiger charge is -2.13. The van der Waals surface area contributed by atoms with E-state index in [2.05, 4.69) is 22.4 Å². The van der Waals surface area contributed by atoms with Crippen LogP contribution in [0.1, 0.15) is 18.1 Å². The molecule has 3 aromatic rings.